The van der Waals surface area contributed by atoms with Crippen LogP contribution in [0.1, 0.15) is 16.6 Å². The molecular formula is C11H13N5O2S. The van der Waals surface area contributed by atoms with E-state index in [1.165, 1.54) is 18.4 Å². The van der Waals surface area contributed by atoms with Crippen LogP contribution in [0, 0.1) is 18.3 Å². The summed E-state index contributed by atoms with van der Waals surface area (Å²) in [5.74, 6) is 1.68. The van der Waals surface area contributed by atoms with Gasteiger partial charge in [-0.3, -0.25) is 0 Å². The highest BCUT2D eigenvalue weighted by molar-refractivity contribution is 7.17. The van der Waals surface area contributed by atoms with Gasteiger partial charge in [0.2, 0.25) is 5.89 Å². The minimum absolute atomic E-state index is 0.368. The van der Waals surface area contributed by atoms with E-state index in [4.69, 9.17) is 20.3 Å². The highest BCUT2D eigenvalue weighted by Crippen LogP contribution is 2.41. The number of nitriles is 1. The number of rotatable bonds is 5. The molecule has 0 saturated heterocycles. The monoisotopic (exact) mass is 279 g/mol. The second-order valence-electron chi connectivity index (χ2n) is 3.73. The average molecular weight is 279 g/mol. The van der Waals surface area contributed by atoms with E-state index in [1.54, 1.807) is 6.92 Å². The van der Waals surface area contributed by atoms with Crippen LogP contribution in [0.5, 0.6) is 5.75 Å². The first kappa shape index (κ1) is 13.2. The quantitative estimate of drug-likeness (QED) is 0.854. The summed E-state index contributed by atoms with van der Waals surface area (Å²) in [6.45, 7) is 2.34. The van der Waals surface area contributed by atoms with E-state index in [9.17, 15) is 0 Å². The molecule has 0 aliphatic rings. The molecule has 0 spiro atoms. The molecule has 0 aliphatic carbocycles. The number of nitrogens with zero attached hydrogens (tertiary/aromatic N) is 3. The number of anilines is 2. The number of nitrogen functional groups attached to an aromatic ring is 1. The van der Waals surface area contributed by atoms with Gasteiger partial charge in [0.25, 0.3) is 0 Å². The first-order valence-electron chi connectivity index (χ1n) is 5.55. The van der Waals surface area contributed by atoms with Crippen molar-refractivity contribution in [2.75, 3.05) is 24.7 Å². The first-order chi connectivity index (χ1) is 9.15. The molecule has 2 aromatic heterocycles. The van der Waals surface area contributed by atoms with Crippen molar-refractivity contribution in [2.45, 2.75) is 13.3 Å². The minimum Gasteiger partial charge on any atom is -0.492 e. The fraction of sp³-hybridized carbons (Fsp3) is 0.364. The Morgan fingerprint density at radius 1 is 1.58 bits per heavy atom. The number of aryl methyl sites for hydroxylation is 1. The molecule has 0 fully saturated rings. The van der Waals surface area contributed by atoms with Crippen molar-refractivity contribution < 1.29 is 9.26 Å². The van der Waals surface area contributed by atoms with Gasteiger partial charge < -0.3 is 20.3 Å². The van der Waals surface area contributed by atoms with Crippen LogP contribution in [0.4, 0.5) is 10.7 Å². The largest absolute Gasteiger partial charge is 0.492 e. The number of thiophene rings is 1. The summed E-state index contributed by atoms with van der Waals surface area (Å²) in [4.78, 5) is 4.54. The van der Waals surface area contributed by atoms with Gasteiger partial charge in [-0.15, -0.1) is 11.3 Å². The predicted octanol–water partition coefficient (Wildman–Crippen LogP) is 1.56. The van der Waals surface area contributed by atoms with Crippen LogP contribution in [-0.4, -0.2) is 23.8 Å². The molecule has 0 aliphatic heterocycles. The van der Waals surface area contributed by atoms with Crippen molar-refractivity contribution in [2.24, 2.45) is 0 Å². The molecule has 0 atom stereocenters. The van der Waals surface area contributed by atoms with Crippen LogP contribution in [0.2, 0.25) is 0 Å². The number of nitrogens with two attached hydrogens (primary N) is 1. The molecule has 3 N–H and O–H groups in total. The number of aromatic nitrogens is 2. The van der Waals surface area contributed by atoms with Crippen LogP contribution in [0.3, 0.4) is 0 Å². The normalized spacial score (nSPS) is 10.2. The Kier molecular flexibility index (Phi) is 3.87. The summed E-state index contributed by atoms with van der Waals surface area (Å²) in [5.41, 5.74) is 6.16. The molecule has 2 aromatic rings. The van der Waals surface area contributed by atoms with E-state index >= 15 is 0 Å². The zero-order valence-corrected chi connectivity index (χ0v) is 11.4. The lowest BCUT2D eigenvalue weighted by atomic mass is 10.3. The fourth-order valence-electron chi connectivity index (χ4n) is 1.56. The zero-order chi connectivity index (χ0) is 13.8. The van der Waals surface area contributed by atoms with Crippen molar-refractivity contribution in [3.05, 3.63) is 16.6 Å². The lowest BCUT2D eigenvalue weighted by Crippen LogP contribution is -2.05. The summed E-state index contributed by atoms with van der Waals surface area (Å²) in [5, 5.41) is 16.6. The van der Waals surface area contributed by atoms with E-state index < -0.39 is 0 Å². The van der Waals surface area contributed by atoms with Crippen LogP contribution >= 0.6 is 11.3 Å². The van der Waals surface area contributed by atoms with Gasteiger partial charge in [-0.1, -0.05) is 5.16 Å². The Morgan fingerprint density at radius 3 is 2.95 bits per heavy atom. The Labute approximate surface area is 114 Å². The maximum absolute atomic E-state index is 8.92. The predicted molar refractivity (Wildman–Crippen MR) is 71.2 cm³/mol. The van der Waals surface area contributed by atoms with Crippen LogP contribution in [-0.2, 0) is 6.42 Å². The standard InChI is InChI=1S/C11H13N5O2S/c1-6-15-8(16-18-6)3-4-14-11-10(17-2)9(13)7(5-12)19-11/h14H,3-4,13H2,1-2H3. The molecule has 7 nitrogen and oxygen atoms in total. The van der Waals surface area contributed by atoms with Gasteiger partial charge in [0.15, 0.2) is 11.6 Å². The molecule has 2 rings (SSSR count). The first-order valence-corrected chi connectivity index (χ1v) is 6.36. The summed E-state index contributed by atoms with van der Waals surface area (Å²) in [6.07, 6.45) is 0.611. The van der Waals surface area contributed by atoms with Gasteiger partial charge >= 0.3 is 0 Å². The molecule has 0 bridgehead atoms. The minimum atomic E-state index is 0.368. The van der Waals surface area contributed by atoms with Crippen LogP contribution < -0.4 is 15.8 Å². The van der Waals surface area contributed by atoms with Gasteiger partial charge in [0, 0.05) is 19.9 Å². The SMILES string of the molecule is COc1c(NCCc2noc(C)n2)sc(C#N)c1N. The molecule has 0 aromatic carbocycles. The Bertz CT molecular complexity index is 613. The van der Waals surface area contributed by atoms with Crippen molar-refractivity contribution in [1.82, 2.24) is 10.1 Å². The van der Waals surface area contributed by atoms with Crippen molar-refractivity contribution in [3.8, 4) is 11.8 Å². The van der Waals surface area contributed by atoms with E-state index in [0.717, 1.165) is 5.00 Å². The molecule has 2 heterocycles. The Morgan fingerprint density at radius 2 is 2.37 bits per heavy atom. The molecule has 100 valence electrons. The fourth-order valence-corrected chi connectivity index (χ4v) is 2.47. The highest BCUT2D eigenvalue weighted by atomic mass is 32.1. The third-order valence-corrected chi connectivity index (χ3v) is 3.46. The number of hydrogen-bond acceptors (Lipinski definition) is 8. The molecule has 0 saturated carbocycles. The van der Waals surface area contributed by atoms with Gasteiger partial charge in [-0.25, -0.2) is 0 Å². The second-order valence-corrected chi connectivity index (χ2v) is 4.75. The number of ether oxygens (including phenoxy) is 1. The number of methoxy groups -OCH3 is 1. The molecule has 0 radical (unpaired) electrons. The molecule has 0 unspecified atom stereocenters. The van der Waals surface area contributed by atoms with Gasteiger partial charge in [-0.2, -0.15) is 10.2 Å². The van der Waals surface area contributed by atoms with E-state index in [0.29, 0.717) is 41.0 Å². The molecular weight excluding hydrogens is 266 g/mol. The smallest absolute Gasteiger partial charge is 0.223 e. The average Bonchev–Trinajstić information content (AvgIpc) is 2.93. The Hall–Kier alpha value is -2.27. The van der Waals surface area contributed by atoms with Gasteiger partial charge in [-0.05, 0) is 0 Å². The van der Waals surface area contributed by atoms with Crippen LogP contribution in [0.25, 0.3) is 0 Å². The van der Waals surface area contributed by atoms with Gasteiger partial charge in [0.05, 0.1) is 7.11 Å². The van der Waals surface area contributed by atoms with Crippen molar-refractivity contribution >= 4 is 22.0 Å². The summed E-state index contributed by atoms with van der Waals surface area (Å²) in [6, 6.07) is 2.04. The highest BCUT2D eigenvalue weighted by Gasteiger charge is 2.16. The summed E-state index contributed by atoms with van der Waals surface area (Å²) < 4.78 is 10.1. The van der Waals surface area contributed by atoms with Crippen molar-refractivity contribution in [3.63, 3.8) is 0 Å². The van der Waals surface area contributed by atoms with E-state index in [2.05, 4.69) is 15.5 Å². The zero-order valence-electron chi connectivity index (χ0n) is 10.6. The van der Waals surface area contributed by atoms with Crippen LogP contribution in [0.15, 0.2) is 4.52 Å². The third-order valence-electron chi connectivity index (χ3n) is 2.41. The van der Waals surface area contributed by atoms with E-state index in [1.807, 2.05) is 6.07 Å². The summed E-state index contributed by atoms with van der Waals surface area (Å²) >= 11 is 1.26. The summed E-state index contributed by atoms with van der Waals surface area (Å²) in [7, 11) is 1.52. The molecule has 19 heavy (non-hydrogen) atoms. The lowest BCUT2D eigenvalue weighted by Gasteiger charge is -2.05. The topological polar surface area (TPSA) is 110 Å². The molecule has 8 heteroatoms. The lowest BCUT2D eigenvalue weighted by molar-refractivity contribution is 0.387. The Balaban J connectivity index is 2.01. The number of hydrogen-bond donors (Lipinski definition) is 2. The van der Waals surface area contributed by atoms with Crippen molar-refractivity contribution in [1.29, 1.82) is 5.26 Å². The van der Waals surface area contributed by atoms with E-state index in [-0.39, 0.29) is 0 Å². The van der Waals surface area contributed by atoms with Gasteiger partial charge in [0.1, 0.15) is 21.6 Å². The maximum Gasteiger partial charge on any atom is 0.223 e. The second kappa shape index (κ2) is 5.58. The third kappa shape index (κ3) is 2.77. The maximum atomic E-state index is 8.92. The number of nitrogens with one attached hydrogen (secondary N) is 1. The molecule has 0 amide bonds.